The number of benzene rings is 2. The van der Waals surface area contributed by atoms with Crippen LogP contribution in [0.25, 0.3) is 11.1 Å². The SMILES string of the molecule is Cc1ccccc1-c1cccc2c1O[C@@H](CN)CC2.Cl. The van der Waals surface area contributed by atoms with Gasteiger partial charge in [-0.15, -0.1) is 12.4 Å². The van der Waals surface area contributed by atoms with Crippen LogP contribution in [0.15, 0.2) is 42.5 Å². The zero-order valence-corrected chi connectivity index (χ0v) is 12.5. The molecule has 106 valence electrons. The highest BCUT2D eigenvalue weighted by molar-refractivity contribution is 5.85. The van der Waals surface area contributed by atoms with Crippen molar-refractivity contribution in [3.8, 4) is 16.9 Å². The molecule has 0 aliphatic carbocycles. The molecule has 0 radical (unpaired) electrons. The molecule has 1 aliphatic rings. The molecular weight excluding hydrogens is 270 g/mol. The van der Waals surface area contributed by atoms with E-state index in [9.17, 15) is 0 Å². The fourth-order valence-corrected chi connectivity index (χ4v) is 2.72. The molecule has 1 atom stereocenters. The highest BCUT2D eigenvalue weighted by Gasteiger charge is 2.21. The maximum atomic E-state index is 6.10. The number of para-hydroxylation sites is 1. The Morgan fingerprint density at radius 2 is 1.85 bits per heavy atom. The number of ether oxygens (including phenoxy) is 1. The van der Waals surface area contributed by atoms with Gasteiger partial charge in [0, 0.05) is 12.1 Å². The van der Waals surface area contributed by atoms with Gasteiger partial charge in [0.15, 0.2) is 0 Å². The van der Waals surface area contributed by atoms with E-state index >= 15 is 0 Å². The predicted octanol–water partition coefficient (Wildman–Crippen LogP) is 3.74. The lowest BCUT2D eigenvalue weighted by molar-refractivity contribution is 0.182. The van der Waals surface area contributed by atoms with Crippen LogP contribution in [0.3, 0.4) is 0 Å². The Labute approximate surface area is 126 Å². The molecule has 0 spiro atoms. The monoisotopic (exact) mass is 289 g/mol. The van der Waals surface area contributed by atoms with Crippen LogP contribution in [0.5, 0.6) is 5.75 Å². The lowest BCUT2D eigenvalue weighted by Crippen LogP contribution is -2.30. The fourth-order valence-electron chi connectivity index (χ4n) is 2.72. The Hall–Kier alpha value is -1.51. The van der Waals surface area contributed by atoms with E-state index in [1.165, 1.54) is 22.3 Å². The summed E-state index contributed by atoms with van der Waals surface area (Å²) in [7, 11) is 0. The number of halogens is 1. The van der Waals surface area contributed by atoms with Crippen LogP contribution < -0.4 is 10.5 Å². The third-order valence-electron chi connectivity index (χ3n) is 3.81. The van der Waals surface area contributed by atoms with E-state index in [0.717, 1.165) is 18.6 Å². The van der Waals surface area contributed by atoms with Crippen LogP contribution >= 0.6 is 12.4 Å². The summed E-state index contributed by atoms with van der Waals surface area (Å²) in [6.07, 6.45) is 2.22. The number of nitrogens with two attached hydrogens (primary N) is 1. The van der Waals surface area contributed by atoms with Gasteiger partial charge in [-0.05, 0) is 36.5 Å². The van der Waals surface area contributed by atoms with Gasteiger partial charge in [0.25, 0.3) is 0 Å². The van der Waals surface area contributed by atoms with Gasteiger partial charge in [-0.2, -0.15) is 0 Å². The Morgan fingerprint density at radius 3 is 2.60 bits per heavy atom. The van der Waals surface area contributed by atoms with Gasteiger partial charge in [0.05, 0.1) is 0 Å². The number of hydrogen-bond acceptors (Lipinski definition) is 2. The van der Waals surface area contributed by atoms with Crippen LogP contribution in [0.2, 0.25) is 0 Å². The van der Waals surface area contributed by atoms with Crippen LogP contribution in [0.1, 0.15) is 17.5 Å². The van der Waals surface area contributed by atoms with Crippen molar-refractivity contribution in [3.05, 3.63) is 53.6 Å². The molecule has 2 nitrogen and oxygen atoms in total. The molecule has 0 saturated carbocycles. The lowest BCUT2D eigenvalue weighted by Gasteiger charge is -2.27. The second-order valence-electron chi connectivity index (χ2n) is 5.12. The molecule has 3 rings (SSSR count). The fraction of sp³-hybridized carbons (Fsp3) is 0.294. The normalized spacial score (nSPS) is 16.8. The summed E-state index contributed by atoms with van der Waals surface area (Å²) >= 11 is 0. The molecule has 20 heavy (non-hydrogen) atoms. The van der Waals surface area contributed by atoms with E-state index in [1.54, 1.807) is 0 Å². The zero-order valence-electron chi connectivity index (χ0n) is 11.6. The largest absolute Gasteiger partial charge is 0.488 e. The first-order valence-corrected chi connectivity index (χ1v) is 6.84. The van der Waals surface area contributed by atoms with Crippen LogP contribution in [-0.2, 0) is 6.42 Å². The number of fused-ring (bicyclic) bond motifs is 1. The van der Waals surface area contributed by atoms with Gasteiger partial charge in [-0.3, -0.25) is 0 Å². The number of rotatable bonds is 2. The molecule has 3 heteroatoms. The van der Waals surface area contributed by atoms with Crippen molar-refractivity contribution in [2.24, 2.45) is 5.73 Å². The van der Waals surface area contributed by atoms with E-state index in [-0.39, 0.29) is 18.5 Å². The maximum absolute atomic E-state index is 6.10. The third-order valence-corrected chi connectivity index (χ3v) is 3.81. The van der Waals surface area contributed by atoms with E-state index in [4.69, 9.17) is 10.5 Å². The van der Waals surface area contributed by atoms with Gasteiger partial charge in [0.1, 0.15) is 11.9 Å². The van der Waals surface area contributed by atoms with Crippen LogP contribution in [-0.4, -0.2) is 12.6 Å². The molecule has 0 aromatic heterocycles. The molecule has 1 heterocycles. The highest BCUT2D eigenvalue weighted by Crippen LogP contribution is 2.38. The molecule has 0 bridgehead atoms. The van der Waals surface area contributed by atoms with E-state index in [0.29, 0.717) is 6.54 Å². The van der Waals surface area contributed by atoms with Gasteiger partial charge in [0.2, 0.25) is 0 Å². The summed E-state index contributed by atoms with van der Waals surface area (Å²) < 4.78 is 6.10. The van der Waals surface area contributed by atoms with Crippen molar-refractivity contribution in [2.45, 2.75) is 25.9 Å². The summed E-state index contributed by atoms with van der Waals surface area (Å²) in [5.41, 5.74) is 10.8. The first-order valence-electron chi connectivity index (χ1n) is 6.84. The molecular formula is C17H20ClNO. The molecule has 0 fully saturated rings. The second-order valence-corrected chi connectivity index (χ2v) is 5.12. The van der Waals surface area contributed by atoms with Crippen molar-refractivity contribution < 1.29 is 4.74 Å². The van der Waals surface area contributed by atoms with Crippen molar-refractivity contribution >= 4 is 12.4 Å². The molecule has 0 saturated heterocycles. The van der Waals surface area contributed by atoms with Gasteiger partial charge in [-0.1, -0.05) is 42.5 Å². The van der Waals surface area contributed by atoms with E-state index < -0.39 is 0 Å². The summed E-state index contributed by atoms with van der Waals surface area (Å²) in [5, 5.41) is 0. The zero-order chi connectivity index (χ0) is 13.2. The topological polar surface area (TPSA) is 35.2 Å². The molecule has 1 aliphatic heterocycles. The predicted molar refractivity (Wildman–Crippen MR) is 85.7 cm³/mol. The van der Waals surface area contributed by atoms with Crippen LogP contribution in [0.4, 0.5) is 0 Å². The van der Waals surface area contributed by atoms with Gasteiger partial charge < -0.3 is 10.5 Å². The Kier molecular flexibility index (Phi) is 4.69. The quantitative estimate of drug-likeness (QED) is 0.914. The summed E-state index contributed by atoms with van der Waals surface area (Å²) in [6, 6.07) is 14.8. The minimum absolute atomic E-state index is 0. The summed E-state index contributed by atoms with van der Waals surface area (Å²) in [5.74, 6) is 1.03. The Balaban J connectivity index is 0.00000147. The third kappa shape index (κ3) is 2.67. The van der Waals surface area contributed by atoms with Crippen LogP contribution in [0, 0.1) is 6.92 Å². The van der Waals surface area contributed by atoms with Crippen molar-refractivity contribution in [2.75, 3.05) is 6.54 Å². The maximum Gasteiger partial charge on any atom is 0.130 e. The Morgan fingerprint density at radius 1 is 1.10 bits per heavy atom. The first kappa shape index (κ1) is 14.9. The molecule has 2 aromatic carbocycles. The van der Waals surface area contributed by atoms with Gasteiger partial charge >= 0.3 is 0 Å². The summed E-state index contributed by atoms with van der Waals surface area (Å²) in [4.78, 5) is 0. The minimum Gasteiger partial charge on any atom is -0.488 e. The highest BCUT2D eigenvalue weighted by atomic mass is 35.5. The summed E-state index contributed by atoms with van der Waals surface area (Å²) in [6.45, 7) is 2.72. The first-order chi connectivity index (χ1) is 9.29. The number of hydrogen-bond donors (Lipinski definition) is 1. The Bertz CT molecular complexity index is 597. The minimum atomic E-state index is 0. The molecule has 0 amide bonds. The molecule has 0 unspecified atom stereocenters. The molecule has 2 aromatic rings. The average molecular weight is 290 g/mol. The lowest BCUT2D eigenvalue weighted by atomic mass is 9.94. The van der Waals surface area contributed by atoms with Crippen molar-refractivity contribution in [3.63, 3.8) is 0 Å². The average Bonchev–Trinajstić information content (AvgIpc) is 2.47. The number of aryl methyl sites for hydroxylation is 2. The van der Waals surface area contributed by atoms with Gasteiger partial charge in [-0.25, -0.2) is 0 Å². The van der Waals surface area contributed by atoms with E-state index in [2.05, 4.69) is 49.4 Å². The van der Waals surface area contributed by atoms with Crippen molar-refractivity contribution in [1.82, 2.24) is 0 Å². The van der Waals surface area contributed by atoms with E-state index in [1.807, 2.05) is 0 Å². The standard InChI is InChI=1S/C17H19NO.ClH/c1-12-5-2-3-7-15(12)16-8-4-6-13-9-10-14(11-18)19-17(13)16;/h2-8,14H,9-11,18H2,1H3;1H/t14-;/m1./s1. The second kappa shape index (κ2) is 6.29. The smallest absolute Gasteiger partial charge is 0.130 e. The molecule has 2 N–H and O–H groups in total. The van der Waals surface area contributed by atoms with Crippen molar-refractivity contribution in [1.29, 1.82) is 0 Å².